The van der Waals surface area contributed by atoms with Gasteiger partial charge in [0.15, 0.2) is 0 Å². The quantitative estimate of drug-likeness (QED) is 0.757. The lowest BCUT2D eigenvalue weighted by Crippen LogP contribution is -2.28. The fraction of sp³-hybridized carbons (Fsp3) is 0.200. The van der Waals surface area contributed by atoms with Gasteiger partial charge in [0.05, 0.1) is 18.8 Å². The van der Waals surface area contributed by atoms with Crippen molar-refractivity contribution in [2.75, 3.05) is 11.4 Å². The summed E-state index contributed by atoms with van der Waals surface area (Å²) in [6, 6.07) is 12.7. The number of para-hydroxylation sites is 1. The first-order valence-electron chi connectivity index (χ1n) is 6.99. The van der Waals surface area contributed by atoms with Gasteiger partial charge in [0, 0.05) is 17.4 Å². The number of aromatic nitrogens is 5. The third kappa shape index (κ3) is 3.85. The summed E-state index contributed by atoms with van der Waals surface area (Å²) in [5.74, 6) is 0.441. The Morgan fingerprint density at radius 3 is 2.52 bits per heavy atom. The highest BCUT2D eigenvalue weighted by Crippen LogP contribution is 2.18. The molecule has 0 fully saturated rings. The first-order chi connectivity index (χ1) is 11.2. The molecule has 0 aliphatic rings. The second-order valence-corrected chi connectivity index (χ2v) is 4.88. The van der Waals surface area contributed by atoms with E-state index in [4.69, 9.17) is 0 Å². The number of pyridine rings is 1. The van der Waals surface area contributed by atoms with Crippen molar-refractivity contribution in [3.8, 4) is 11.4 Å². The number of aromatic amines is 1. The van der Waals surface area contributed by atoms with Crippen LogP contribution in [0.15, 0.2) is 48.7 Å². The van der Waals surface area contributed by atoms with Crippen molar-refractivity contribution in [3.05, 3.63) is 54.4 Å². The Hall–Kier alpha value is -2.90. The molecular weight excluding hydrogens is 302 g/mol. The molecule has 0 saturated heterocycles. The lowest BCUT2D eigenvalue weighted by molar-refractivity contribution is 0.154. The highest BCUT2D eigenvalue weighted by atomic mass is 19.3. The van der Waals surface area contributed by atoms with Gasteiger partial charge < -0.3 is 4.90 Å². The summed E-state index contributed by atoms with van der Waals surface area (Å²) in [4.78, 5) is 5.90. The van der Waals surface area contributed by atoms with Crippen LogP contribution in [-0.4, -0.2) is 38.6 Å². The number of tetrazole rings is 1. The number of benzene rings is 1. The molecule has 0 saturated carbocycles. The van der Waals surface area contributed by atoms with Gasteiger partial charge in [-0.25, -0.2) is 8.78 Å². The largest absolute Gasteiger partial charge is 0.360 e. The Morgan fingerprint density at radius 1 is 1.09 bits per heavy atom. The molecule has 118 valence electrons. The molecule has 0 bridgehead atoms. The van der Waals surface area contributed by atoms with Crippen LogP contribution in [0, 0.1) is 0 Å². The predicted molar refractivity (Wildman–Crippen MR) is 80.9 cm³/mol. The van der Waals surface area contributed by atoms with Crippen molar-refractivity contribution in [3.63, 3.8) is 0 Å². The highest BCUT2D eigenvalue weighted by molar-refractivity contribution is 5.52. The van der Waals surface area contributed by atoms with Gasteiger partial charge in [0.25, 0.3) is 6.43 Å². The summed E-state index contributed by atoms with van der Waals surface area (Å²) in [6.07, 6.45) is -0.819. The molecular formula is C15H14F2N6. The molecule has 0 aliphatic heterocycles. The number of hydrogen-bond acceptors (Lipinski definition) is 5. The van der Waals surface area contributed by atoms with Crippen LogP contribution in [0.2, 0.25) is 0 Å². The second-order valence-electron chi connectivity index (χ2n) is 4.88. The van der Waals surface area contributed by atoms with E-state index in [1.54, 1.807) is 35.4 Å². The number of nitrogens with one attached hydrogen (secondary N) is 1. The van der Waals surface area contributed by atoms with Gasteiger partial charge in [0.1, 0.15) is 0 Å². The monoisotopic (exact) mass is 316 g/mol. The topological polar surface area (TPSA) is 70.6 Å². The van der Waals surface area contributed by atoms with E-state index >= 15 is 0 Å². The molecule has 2 heterocycles. The molecule has 8 heteroatoms. The minimum Gasteiger partial charge on any atom is -0.360 e. The minimum atomic E-state index is -2.42. The Labute approximate surface area is 131 Å². The van der Waals surface area contributed by atoms with Gasteiger partial charge in [0.2, 0.25) is 5.82 Å². The number of hydrogen-bond donors (Lipinski definition) is 1. The van der Waals surface area contributed by atoms with E-state index in [0.29, 0.717) is 23.6 Å². The van der Waals surface area contributed by atoms with Crippen LogP contribution in [0.4, 0.5) is 14.5 Å². The zero-order valence-corrected chi connectivity index (χ0v) is 12.1. The van der Waals surface area contributed by atoms with E-state index in [1.807, 2.05) is 18.2 Å². The van der Waals surface area contributed by atoms with Crippen LogP contribution in [-0.2, 0) is 6.54 Å². The third-order valence-electron chi connectivity index (χ3n) is 3.26. The van der Waals surface area contributed by atoms with Gasteiger partial charge in [-0.1, -0.05) is 18.2 Å². The van der Waals surface area contributed by atoms with E-state index in [0.717, 1.165) is 5.69 Å². The molecule has 0 radical (unpaired) electrons. The average molecular weight is 316 g/mol. The molecule has 0 spiro atoms. The van der Waals surface area contributed by atoms with Crippen LogP contribution >= 0.6 is 0 Å². The van der Waals surface area contributed by atoms with Crippen LogP contribution in [0.25, 0.3) is 11.4 Å². The Kier molecular flexibility index (Phi) is 4.51. The highest BCUT2D eigenvalue weighted by Gasteiger charge is 2.14. The zero-order chi connectivity index (χ0) is 16.1. The smallest absolute Gasteiger partial charge is 0.255 e. The van der Waals surface area contributed by atoms with Gasteiger partial charge in [-0.15, -0.1) is 10.2 Å². The fourth-order valence-electron chi connectivity index (χ4n) is 2.20. The Morgan fingerprint density at radius 2 is 1.91 bits per heavy atom. The van der Waals surface area contributed by atoms with Gasteiger partial charge in [-0.05, 0) is 29.5 Å². The fourth-order valence-corrected chi connectivity index (χ4v) is 2.20. The number of H-pyrrole nitrogens is 1. The molecule has 2 aromatic heterocycles. The molecule has 0 unspecified atom stereocenters. The van der Waals surface area contributed by atoms with E-state index in [1.165, 1.54) is 0 Å². The van der Waals surface area contributed by atoms with E-state index in [2.05, 4.69) is 25.6 Å². The summed E-state index contributed by atoms with van der Waals surface area (Å²) < 4.78 is 25.7. The van der Waals surface area contributed by atoms with Crippen LogP contribution < -0.4 is 4.90 Å². The minimum absolute atomic E-state index is 0.293. The second kappa shape index (κ2) is 6.91. The number of halogens is 2. The number of anilines is 1. The lowest BCUT2D eigenvalue weighted by Gasteiger charge is -2.24. The van der Waals surface area contributed by atoms with Crippen LogP contribution in [0.5, 0.6) is 0 Å². The van der Waals surface area contributed by atoms with Gasteiger partial charge >= 0.3 is 0 Å². The van der Waals surface area contributed by atoms with E-state index in [9.17, 15) is 8.78 Å². The maximum Gasteiger partial charge on any atom is 0.255 e. The third-order valence-corrected chi connectivity index (χ3v) is 3.26. The summed E-state index contributed by atoms with van der Waals surface area (Å²) in [5, 5.41) is 13.6. The van der Waals surface area contributed by atoms with Gasteiger partial charge in [-0.3, -0.25) is 4.98 Å². The van der Waals surface area contributed by atoms with Crippen LogP contribution in [0.1, 0.15) is 5.69 Å². The molecule has 3 rings (SSSR count). The molecule has 6 nitrogen and oxygen atoms in total. The number of nitrogens with zero attached hydrogens (tertiary/aromatic N) is 5. The lowest BCUT2D eigenvalue weighted by atomic mass is 10.2. The summed E-state index contributed by atoms with van der Waals surface area (Å²) in [7, 11) is 0. The Bertz CT molecular complexity index is 715. The molecule has 0 atom stereocenters. The molecule has 1 N–H and O–H groups in total. The first kappa shape index (κ1) is 15.0. The van der Waals surface area contributed by atoms with Crippen molar-refractivity contribution in [1.82, 2.24) is 25.6 Å². The molecule has 23 heavy (non-hydrogen) atoms. The number of rotatable bonds is 6. The van der Waals surface area contributed by atoms with Crippen molar-refractivity contribution in [1.29, 1.82) is 0 Å². The first-order valence-corrected chi connectivity index (χ1v) is 6.99. The van der Waals surface area contributed by atoms with Crippen molar-refractivity contribution >= 4 is 5.69 Å². The van der Waals surface area contributed by atoms with Gasteiger partial charge in [-0.2, -0.15) is 5.21 Å². The van der Waals surface area contributed by atoms with Crippen molar-refractivity contribution < 1.29 is 8.78 Å². The molecule has 3 aromatic rings. The summed E-state index contributed by atoms with van der Waals surface area (Å²) in [6.45, 7) is -0.0564. The van der Waals surface area contributed by atoms with E-state index < -0.39 is 6.43 Å². The van der Waals surface area contributed by atoms with Crippen molar-refractivity contribution in [2.24, 2.45) is 0 Å². The SMILES string of the molecule is FC(F)CN(Cc1ccc(-c2nn[nH]n2)cn1)c1ccccc1. The van der Waals surface area contributed by atoms with Crippen molar-refractivity contribution in [2.45, 2.75) is 13.0 Å². The molecule has 0 aliphatic carbocycles. The normalized spacial score (nSPS) is 10.9. The zero-order valence-electron chi connectivity index (χ0n) is 12.1. The average Bonchev–Trinajstić information content (AvgIpc) is 3.10. The molecule has 0 amide bonds. The molecule has 1 aromatic carbocycles. The van der Waals surface area contributed by atoms with E-state index in [-0.39, 0.29) is 6.54 Å². The summed E-state index contributed by atoms with van der Waals surface area (Å²) >= 11 is 0. The summed E-state index contributed by atoms with van der Waals surface area (Å²) in [5.41, 5.74) is 2.13. The maximum absolute atomic E-state index is 12.8. The Balaban J connectivity index is 1.77. The predicted octanol–water partition coefficient (Wildman–Crippen LogP) is 2.53. The van der Waals surface area contributed by atoms with Crippen LogP contribution in [0.3, 0.4) is 0 Å². The number of alkyl halides is 2. The standard InChI is InChI=1S/C15H14F2N6/c16-14(17)10-23(13-4-2-1-3-5-13)9-12-7-6-11(8-18-12)15-19-21-22-20-15/h1-8,14H,9-10H2,(H,19,20,21,22). The maximum atomic E-state index is 12.8.